The van der Waals surface area contributed by atoms with Crippen LogP contribution in [-0.2, 0) is 27.3 Å². The van der Waals surface area contributed by atoms with Gasteiger partial charge in [-0.25, -0.2) is 13.7 Å². The summed E-state index contributed by atoms with van der Waals surface area (Å²) in [7, 11) is -17.1. The van der Waals surface area contributed by atoms with Crippen LogP contribution in [0, 0.1) is 5.82 Å². The Labute approximate surface area is 171 Å². The third-order valence-electron chi connectivity index (χ3n) is 4.14. The largest absolute Gasteiger partial charge is 0.479 e. The van der Waals surface area contributed by atoms with Crippen LogP contribution in [0.2, 0.25) is 0 Å². The van der Waals surface area contributed by atoms with Crippen LogP contribution in [0.4, 0.5) is 4.39 Å². The Kier molecular flexibility index (Phi) is 7.36. The highest BCUT2D eigenvalue weighted by molar-refractivity contribution is 7.75. The number of hydrogen-bond donors (Lipinski definition) is 7. The number of nitrogens with one attached hydrogen (secondary N) is 1. The molecule has 0 aliphatic carbocycles. The van der Waals surface area contributed by atoms with Gasteiger partial charge in [0.25, 0.3) is 10.6 Å². The third-order valence-corrected chi connectivity index (χ3v) is 10.0. The molecule has 1 saturated heterocycles. The van der Waals surface area contributed by atoms with Gasteiger partial charge in [-0.2, -0.15) is 4.39 Å². The zero-order chi connectivity index (χ0) is 24.0. The van der Waals surface area contributed by atoms with Gasteiger partial charge >= 0.3 is 28.7 Å². The van der Waals surface area contributed by atoms with E-state index >= 15 is 0 Å². The van der Waals surface area contributed by atoms with Crippen LogP contribution < -0.4 is 11.2 Å². The zero-order valence-corrected chi connectivity index (χ0v) is 18.0. The molecular formula is C11H18FN2O14P3. The molecule has 0 amide bonds. The Morgan fingerprint density at radius 2 is 1.87 bits per heavy atom. The van der Waals surface area contributed by atoms with Crippen molar-refractivity contribution in [2.45, 2.75) is 36.9 Å². The number of halogens is 1. The fourth-order valence-electron chi connectivity index (χ4n) is 2.28. The summed E-state index contributed by atoms with van der Waals surface area (Å²) >= 11 is 0. The maximum Gasteiger partial charge on any atom is 0.479 e. The third kappa shape index (κ3) is 5.66. The van der Waals surface area contributed by atoms with Crippen molar-refractivity contribution in [2.24, 2.45) is 0 Å². The highest BCUT2D eigenvalue weighted by Crippen LogP contribution is 2.74. The monoisotopic (exact) mass is 514 g/mol. The Balaban J connectivity index is 2.09. The van der Waals surface area contributed by atoms with E-state index < -0.39 is 70.2 Å². The summed E-state index contributed by atoms with van der Waals surface area (Å²) in [6.45, 7) is -0.811. The first kappa shape index (κ1) is 26.2. The molecule has 7 N–H and O–H groups in total. The second-order valence-corrected chi connectivity index (χ2v) is 12.5. The predicted octanol–water partition coefficient (Wildman–Crippen LogP) is -1.51. The second kappa shape index (κ2) is 8.71. The molecule has 6 atom stereocenters. The molecule has 0 radical (unpaired) electrons. The van der Waals surface area contributed by atoms with E-state index in [9.17, 15) is 47.7 Å². The Morgan fingerprint density at radius 1 is 1.29 bits per heavy atom. The topological polar surface area (TPSA) is 255 Å². The minimum Gasteiger partial charge on any atom is -0.390 e. The van der Waals surface area contributed by atoms with Crippen molar-refractivity contribution in [3.63, 3.8) is 0 Å². The van der Waals surface area contributed by atoms with Crippen molar-refractivity contribution in [2.75, 3.05) is 6.61 Å². The summed E-state index contributed by atoms with van der Waals surface area (Å²) in [5, 5.41) is 15.8. The number of phosphoric ester groups is 1. The lowest BCUT2D eigenvalue weighted by Crippen LogP contribution is -2.34. The smallest absolute Gasteiger partial charge is 0.390 e. The first-order valence-corrected chi connectivity index (χ1v) is 12.7. The van der Waals surface area contributed by atoms with Crippen molar-refractivity contribution in [1.82, 2.24) is 9.55 Å². The van der Waals surface area contributed by atoms with Crippen LogP contribution >= 0.6 is 23.0 Å². The minimum atomic E-state index is -5.86. The summed E-state index contributed by atoms with van der Waals surface area (Å²) in [5.41, 5.74) is -2.38. The highest BCUT2D eigenvalue weighted by atomic mass is 31.3. The Morgan fingerprint density at radius 3 is 2.42 bits per heavy atom. The number of aliphatic hydroxyl groups excluding tert-OH is 1. The average Bonchev–Trinajstić information content (AvgIpc) is 2.95. The quantitative estimate of drug-likeness (QED) is 0.195. The molecule has 2 rings (SSSR count). The van der Waals surface area contributed by atoms with Gasteiger partial charge in [-0.05, 0) is 6.92 Å². The van der Waals surface area contributed by atoms with E-state index in [4.69, 9.17) is 14.5 Å². The summed E-state index contributed by atoms with van der Waals surface area (Å²) in [6.07, 6.45) is -4.11. The van der Waals surface area contributed by atoms with E-state index in [1.807, 2.05) is 0 Å². The van der Waals surface area contributed by atoms with Crippen molar-refractivity contribution >= 4 is 23.0 Å². The van der Waals surface area contributed by atoms with Crippen LogP contribution in [0.1, 0.15) is 19.6 Å². The molecule has 0 aromatic carbocycles. The van der Waals surface area contributed by atoms with E-state index in [1.54, 1.807) is 4.98 Å². The van der Waals surface area contributed by atoms with E-state index in [0.29, 0.717) is 10.8 Å². The highest BCUT2D eigenvalue weighted by Gasteiger charge is 2.59. The molecule has 20 heteroatoms. The molecule has 1 fully saturated rings. The maximum atomic E-state index is 13.4. The van der Waals surface area contributed by atoms with Crippen LogP contribution in [-0.4, -0.2) is 63.2 Å². The molecule has 16 nitrogen and oxygen atoms in total. The van der Waals surface area contributed by atoms with E-state index in [0.717, 1.165) is 0 Å². The van der Waals surface area contributed by atoms with Crippen LogP contribution in [0.15, 0.2) is 15.8 Å². The number of aliphatic hydroxyl groups is 2. The van der Waals surface area contributed by atoms with Gasteiger partial charge in [-0.15, -0.1) is 0 Å². The number of aromatic nitrogens is 2. The molecular weight excluding hydrogens is 496 g/mol. The number of nitrogens with zero attached hydrogens (tertiary/aromatic N) is 1. The molecule has 1 aliphatic heterocycles. The predicted molar refractivity (Wildman–Crippen MR) is 95.2 cm³/mol. The van der Waals surface area contributed by atoms with E-state index in [1.165, 1.54) is 0 Å². The number of aromatic amines is 1. The molecule has 178 valence electrons. The van der Waals surface area contributed by atoms with Crippen LogP contribution in [0.5, 0.6) is 0 Å². The molecule has 4 unspecified atom stereocenters. The standard InChI is InChI=1S/C11H18FN2O14P3/c1-11(18,29(19,20)21)30(22,23)28-31(24,25)26-4-7-6(15)2-8(27-7)14-3-5(12)9(16)13-10(14)17/h3,6-8,15,18H,2,4H2,1H3,(H,22,23)(H,24,25)(H,13,16,17)(H2,19,20,21)/t6-,7?,8+,11?/m0/s1. The first-order chi connectivity index (χ1) is 13.9. The maximum absolute atomic E-state index is 13.4. The van der Waals surface area contributed by atoms with Crippen molar-refractivity contribution in [1.29, 1.82) is 0 Å². The van der Waals surface area contributed by atoms with E-state index in [-0.39, 0.29) is 13.3 Å². The normalized spacial score (nSPS) is 27.9. The van der Waals surface area contributed by atoms with Gasteiger partial charge in [-0.3, -0.25) is 28.0 Å². The summed E-state index contributed by atoms with van der Waals surface area (Å²) in [4.78, 5) is 61.4. The van der Waals surface area contributed by atoms with Crippen molar-refractivity contribution in [3.8, 4) is 0 Å². The molecule has 0 bridgehead atoms. The van der Waals surface area contributed by atoms with Gasteiger partial charge in [0, 0.05) is 6.42 Å². The molecule has 2 heterocycles. The average molecular weight is 514 g/mol. The summed E-state index contributed by atoms with van der Waals surface area (Å²) in [6, 6.07) is 0. The number of ether oxygens (including phenoxy) is 1. The Hall–Kier alpha value is -1.06. The van der Waals surface area contributed by atoms with Crippen molar-refractivity contribution < 1.29 is 61.4 Å². The van der Waals surface area contributed by atoms with Gasteiger partial charge in [0.15, 0.2) is 0 Å². The van der Waals surface area contributed by atoms with Gasteiger partial charge in [0.05, 0.1) is 18.9 Å². The lowest BCUT2D eigenvalue weighted by atomic mass is 10.2. The fourth-order valence-corrected chi connectivity index (χ4v) is 6.19. The first-order valence-electron chi connectivity index (χ1n) is 8.02. The lowest BCUT2D eigenvalue weighted by Gasteiger charge is -2.29. The fraction of sp³-hybridized carbons (Fsp3) is 0.636. The molecule has 0 spiro atoms. The van der Waals surface area contributed by atoms with Crippen LogP contribution in [0.3, 0.4) is 0 Å². The number of phosphoric acid groups is 1. The summed E-state index contributed by atoms with van der Waals surface area (Å²) in [5.74, 6) is -1.33. The van der Waals surface area contributed by atoms with Crippen molar-refractivity contribution in [3.05, 3.63) is 32.9 Å². The number of H-pyrrole nitrogens is 1. The SMILES string of the molecule is CC(O)(P(=O)(O)O)P(=O)(O)OP(=O)(O)OCC1O[C@@H](n2cc(F)c(=O)[nH]c2=O)C[C@@H]1O. The van der Waals surface area contributed by atoms with Gasteiger partial charge < -0.3 is 34.5 Å². The molecule has 0 saturated carbocycles. The lowest BCUT2D eigenvalue weighted by molar-refractivity contribution is -0.0452. The molecule has 1 aliphatic rings. The number of hydrogen-bond acceptors (Lipinski definition) is 10. The van der Waals surface area contributed by atoms with E-state index in [2.05, 4.69) is 8.83 Å². The summed E-state index contributed by atoms with van der Waals surface area (Å²) < 4.78 is 62.3. The van der Waals surface area contributed by atoms with Gasteiger partial charge in [0.1, 0.15) is 12.3 Å². The zero-order valence-electron chi connectivity index (χ0n) is 15.3. The molecule has 1 aromatic heterocycles. The molecule has 1 aromatic rings. The minimum absolute atomic E-state index is 0.198. The molecule has 31 heavy (non-hydrogen) atoms. The van der Waals surface area contributed by atoms with Gasteiger partial charge in [0.2, 0.25) is 5.82 Å². The Bertz CT molecular complexity index is 1090. The number of rotatable bonds is 8. The van der Waals surface area contributed by atoms with Crippen LogP contribution in [0.25, 0.3) is 0 Å². The van der Waals surface area contributed by atoms with Gasteiger partial charge in [-0.1, -0.05) is 0 Å². The second-order valence-electron chi connectivity index (χ2n) is 6.46.